The fourth-order valence-electron chi connectivity index (χ4n) is 1.76. The number of carbonyl (C=O) groups excluding carboxylic acids is 1. The van der Waals surface area contributed by atoms with E-state index in [4.69, 9.17) is 5.73 Å². The van der Waals surface area contributed by atoms with Gasteiger partial charge in [0.25, 0.3) is 0 Å². The van der Waals surface area contributed by atoms with Crippen LogP contribution in [0.4, 0.5) is 11.6 Å². The number of carbonyl (C=O) groups is 1. The van der Waals surface area contributed by atoms with Crippen LogP contribution in [0.15, 0.2) is 42.7 Å². The molecule has 0 bridgehead atoms. The summed E-state index contributed by atoms with van der Waals surface area (Å²) in [6, 6.07) is 9.25. The fraction of sp³-hybridized carbons (Fsp3) is 0.214. The minimum absolute atomic E-state index is 0.101. The van der Waals surface area contributed by atoms with Crippen LogP contribution in [0.3, 0.4) is 0 Å². The molecule has 5 heteroatoms. The average Bonchev–Trinajstić information content (AvgIpc) is 2.40. The summed E-state index contributed by atoms with van der Waals surface area (Å²) in [6.07, 6.45) is 3.56. The number of hydrogen-bond acceptors (Lipinski definition) is 4. The second-order valence-electron chi connectivity index (χ2n) is 4.39. The number of aromatic nitrogens is 2. The van der Waals surface area contributed by atoms with E-state index in [0.717, 1.165) is 11.3 Å². The first-order valence-electron chi connectivity index (χ1n) is 6.07. The predicted octanol–water partition coefficient (Wildman–Crippen LogP) is 2.19. The predicted molar refractivity (Wildman–Crippen MR) is 74.5 cm³/mol. The van der Waals surface area contributed by atoms with Crippen molar-refractivity contribution in [2.45, 2.75) is 19.3 Å². The van der Waals surface area contributed by atoms with Crippen molar-refractivity contribution < 1.29 is 4.79 Å². The molecular formula is C14H16N4O. The first-order valence-corrected chi connectivity index (χ1v) is 6.07. The summed E-state index contributed by atoms with van der Waals surface area (Å²) in [6.45, 7) is 2.00. The Kier molecular flexibility index (Phi) is 4.07. The van der Waals surface area contributed by atoms with Gasteiger partial charge in [-0.15, -0.1) is 0 Å². The Balaban J connectivity index is 1.93. The zero-order valence-electron chi connectivity index (χ0n) is 10.7. The molecule has 1 unspecified atom stereocenters. The number of nitrogens with two attached hydrogens (primary N) is 1. The van der Waals surface area contributed by atoms with E-state index in [0.29, 0.717) is 12.4 Å². The molecule has 0 aliphatic rings. The zero-order chi connectivity index (χ0) is 13.7. The van der Waals surface area contributed by atoms with Gasteiger partial charge >= 0.3 is 0 Å². The van der Waals surface area contributed by atoms with Gasteiger partial charge in [-0.05, 0) is 29.7 Å². The van der Waals surface area contributed by atoms with Gasteiger partial charge in [-0.2, -0.15) is 0 Å². The number of nitrogens with zero attached hydrogens (tertiary/aromatic N) is 2. The van der Waals surface area contributed by atoms with Crippen molar-refractivity contribution in [1.82, 2.24) is 9.97 Å². The number of hydrogen-bond donors (Lipinski definition) is 2. The lowest BCUT2D eigenvalue weighted by Crippen LogP contribution is -2.16. The molecule has 3 N–H and O–H groups in total. The minimum atomic E-state index is -0.101. The van der Waals surface area contributed by atoms with Gasteiger partial charge < -0.3 is 5.73 Å². The van der Waals surface area contributed by atoms with E-state index in [1.54, 1.807) is 18.5 Å². The summed E-state index contributed by atoms with van der Waals surface area (Å²) < 4.78 is 0. The Morgan fingerprint density at radius 3 is 2.53 bits per heavy atom. The summed E-state index contributed by atoms with van der Waals surface area (Å²) in [5.41, 5.74) is 7.44. The van der Waals surface area contributed by atoms with Gasteiger partial charge in [0.15, 0.2) is 0 Å². The Morgan fingerprint density at radius 2 is 1.89 bits per heavy atom. The molecule has 1 aromatic heterocycles. The van der Waals surface area contributed by atoms with Crippen LogP contribution in [0.5, 0.6) is 0 Å². The van der Waals surface area contributed by atoms with Crippen molar-refractivity contribution in [2.75, 3.05) is 11.1 Å². The van der Waals surface area contributed by atoms with E-state index < -0.39 is 0 Å². The molecule has 1 atom stereocenters. The highest BCUT2D eigenvalue weighted by Crippen LogP contribution is 2.20. The van der Waals surface area contributed by atoms with E-state index >= 15 is 0 Å². The molecule has 0 spiro atoms. The molecule has 19 heavy (non-hydrogen) atoms. The Morgan fingerprint density at radius 1 is 1.26 bits per heavy atom. The first kappa shape index (κ1) is 13.0. The van der Waals surface area contributed by atoms with Crippen LogP contribution in [0.25, 0.3) is 0 Å². The maximum Gasteiger partial charge on any atom is 0.229 e. The van der Waals surface area contributed by atoms with E-state index in [9.17, 15) is 4.79 Å². The van der Waals surface area contributed by atoms with Gasteiger partial charge in [0, 0.05) is 24.5 Å². The highest BCUT2D eigenvalue weighted by atomic mass is 16.1. The Hall–Kier alpha value is -2.43. The number of benzene rings is 1. The third kappa shape index (κ3) is 3.77. The highest BCUT2D eigenvalue weighted by molar-refractivity contribution is 5.89. The quantitative estimate of drug-likeness (QED) is 0.822. The van der Waals surface area contributed by atoms with Crippen molar-refractivity contribution in [1.29, 1.82) is 0 Å². The maximum atomic E-state index is 11.8. The zero-order valence-corrected chi connectivity index (χ0v) is 10.7. The molecule has 5 nitrogen and oxygen atoms in total. The van der Waals surface area contributed by atoms with Gasteiger partial charge in [-0.3, -0.25) is 10.1 Å². The van der Waals surface area contributed by atoms with Crippen LogP contribution in [0, 0.1) is 0 Å². The van der Waals surface area contributed by atoms with Crippen LogP contribution >= 0.6 is 0 Å². The van der Waals surface area contributed by atoms with Crippen molar-refractivity contribution in [3.8, 4) is 0 Å². The van der Waals surface area contributed by atoms with Crippen molar-refractivity contribution in [3.63, 3.8) is 0 Å². The lowest BCUT2D eigenvalue weighted by Gasteiger charge is -2.11. The van der Waals surface area contributed by atoms with Crippen LogP contribution in [-0.2, 0) is 4.79 Å². The lowest BCUT2D eigenvalue weighted by atomic mass is 9.97. The van der Waals surface area contributed by atoms with Crippen LogP contribution < -0.4 is 11.1 Å². The largest absolute Gasteiger partial charge is 0.399 e. The second-order valence-corrected chi connectivity index (χ2v) is 4.39. The third-order valence-electron chi connectivity index (χ3n) is 2.81. The number of nitrogens with one attached hydrogen (secondary N) is 1. The molecule has 0 saturated carbocycles. The third-order valence-corrected chi connectivity index (χ3v) is 2.81. The maximum absolute atomic E-state index is 11.8. The van der Waals surface area contributed by atoms with Crippen LogP contribution in [0.2, 0.25) is 0 Å². The topological polar surface area (TPSA) is 80.9 Å². The van der Waals surface area contributed by atoms with E-state index in [2.05, 4.69) is 15.3 Å². The van der Waals surface area contributed by atoms with Gasteiger partial charge in [-0.25, -0.2) is 9.97 Å². The molecule has 0 aliphatic carbocycles. The molecule has 0 saturated heterocycles. The van der Waals surface area contributed by atoms with Crippen molar-refractivity contribution in [2.24, 2.45) is 0 Å². The van der Waals surface area contributed by atoms with Crippen LogP contribution in [-0.4, -0.2) is 15.9 Å². The lowest BCUT2D eigenvalue weighted by molar-refractivity contribution is -0.116. The molecule has 2 aromatic rings. The smallest absolute Gasteiger partial charge is 0.229 e. The SMILES string of the molecule is CC(CC(=O)Nc1ncccn1)c1ccc(N)cc1. The van der Waals surface area contributed by atoms with E-state index in [-0.39, 0.29) is 11.8 Å². The standard InChI is InChI=1S/C14H16N4O/c1-10(11-3-5-12(15)6-4-11)9-13(19)18-14-16-7-2-8-17-14/h2-8,10H,9,15H2,1H3,(H,16,17,18,19). The molecule has 2 rings (SSSR count). The molecule has 0 radical (unpaired) electrons. The molecule has 0 aliphatic heterocycles. The second kappa shape index (κ2) is 5.95. The fourth-order valence-corrected chi connectivity index (χ4v) is 1.76. The molecule has 1 heterocycles. The van der Waals surface area contributed by atoms with Crippen molar-refractivity contribution in [3.05, 3.63) is 48.3 Å². The number of rotatable bonds is 4. The molecule has 98 valence electrons. The Labute approximate surface area is 111 Å². The monoisotopic (exact) mass is 256 g/mol. The molecule has 1 amide bonds. The Bertz CT molecular complexity index is 539. The van der Waals surface area contributed by atoms with Gasteiger partial charge in [-0.1, -0.05) is 19.1 Å². The number of anilines is 2. The van der Waals surface area contributed by atoms with Gasteiger partial charge in [0.2, 0.25) is 11.9 Å². The van der Waals surface area contributed by atoms with Crippen molar-refractivity contribution >= 4 is 17.5 Å². The summed E-state index contributed by atoms with van der Waals surface area (Å²) in [7, 11) is 0. The summed E-state index contributed by atoms with van der Waals surface area (Å²) in [5.74, 6) is 0.344. The normalized spacial score (nSPS) is 11.8. The number of nitrogen functional groups attached to an aromatic ring is 1. The highest BCUT2D eigenvalue weighted by Gasteiger charge is 2.12. The first-order chi connectivity index (χ1) is 9.15. The summed E-state index contributed by atoms with van der Waals surface area (Å²) in [5, 5.41) is 2.67. The molecule has 1 aromatic carbocycles. The van der Waals surface area contributed by atoms with Gasteiger partial charge in [0.05, 0.1) is 0 Å². The average molecular weight is 256 g/mol. The van der Waals surface area contributed by atoms with E-state index in [1.165, 1.54) is 0 Å². The summed E-state index contributed by atoms with van der Waals surface area (Å²) >= 11 is 0. The van der Waals surface area contributed by atoms with Gasteiger partial charge in [0.1, 0.15) is 0 Å². The summed E-state index contributed by atoms with van der Waals surface area (Å²) in [4.78, 5) is 19.7. The van der Waals surface area contributed by atoms with Crippen LogP contribution in [0.1, 0.15) is 24.8 Å². The minimum Gasteiger partial charge on any atom is -0.399 e. The molecule has 0 fully saturated rings. The molecular weight excluding hydrogens is 240 g/mol. The number of amides is 1. The van der Waals surface area contributed by atoms with E-state index in [1.807, 2.05) is 31.2 Å².